The first-order chi connectivity index (χ1) is 52.2. The highest BCUT2D eigenvalue weighted by Gasteiger charge is 2.29. The Hall–Kier alpha value is -5.35. The molecule has 0 heterocycles. The van der Waals surface area contributed by atoms with Crippen molar-refractivity contribution in [2.45, 2.75) is 322 Å². The van der Waals surface area contributed by atoms with Crippen LogP contribution in [0, 0.1) is 0 Å². The summed E-state index contributed by atoms with van der Waals surface area (Å²) < 4.78 is 61.2. The lowest BCUT2D eigenvalue weighted by Crippen LogP contribution is -2.30. The molecule has 0 aromatic carbocycles. The van der Waals surface area contributed by atoms with Crippen molar-refractivity contribution in [3.63, 3.8) is 0 Å². The third-order valence-corrected chi connectivity index (χ3v) is 18.5. The van der Waals surface area contributed by atoms with Gasteiger partial charge >= 0.3 is 33.6 Å². The van der Waals surface area contributed by atoms with Crippen molar-refractivity contribution in [3.8, 4) is 0 Å². The molecular weight excluding hydrogens is 1390 g/mol. The van der Waals surface area contributed by atoms with E-state index < -0.39 is 91.5 Å². The number of esters is 3. The summed E-state index contributed by atoms with van der Waals surface area (Å²) in [5.74, 6) is -1.66. The molecule has 0 bridgehead atoms. The summed E-state index contributed by atoms with van der Waals surface area (Å²) in [4.78, 5) is 58.8. The Morgan fingerprint density at radius 1 is 0.271 bits per heavy atom. The number of phosphoric acid groups is 2. The third kappa shape index (κ3) is 81.5. The second-order valence-corrected chi connectivity index (χ2v) is 29.7. The van der Waals surface area contributed by atoms with Gasteiger partial charge in [-0.25, -0.2) is 9.13 Å². The van der Waals surface area contributed by atoms with Gasteiger partial charge in [0.25, 0.3) is 0 Å². The molecule has 0 radical (unpaired) electrons. The molecule has 0 fully saturated rings. The van der Waals surface area contributed by atoms with Crippen molar-refractivity contribution in [2.75, 3.05) is 39.6 Å². The Morgan fingerprint density at radius 3 is 0.804 bits per heavy atom. The number of hydrogen-bond acceptors (Lipinski definition) is 14. The van der Waals surface area contributed by atoms with Crippen LogP contribution in [-0.2, 0) is 55.8 Å². The standard InChI is InChI=1S/C89H146O16P2/c1-4-7-10-13-16-19-22-25-28-31-34-37-38-39-40-41-42-43-44-47-49-51-54-57-60-63-66-69-72-75-87(92)99-78-84(90)79-101-106(95,96)102-80-85(91)81-103-107(97,98)104-83-86(105-89(94)77-74-71-68-65-62-59-56-53-50-46-36-33-30-27-24-21-18-15-12-9-6-3)82-100-88(93)76-73-70-67-64-61-58-55-52-48-45-35-32-29-26-23-20-17-14-11-8-5-2/h8-9,11-12,16-21,25-30,34-37,39-40,45-46,52-53,55-56,61,64,84-86,90-91H,4-7,10,13-15,22-24,31-33,38,41-44,47-51,54,57-60,62-63,65-83H2,1-3H3,(H,95,96)(H,97,98)/b11-8-,12-9-,19-16-,20-17-,21-18-,28-25-,29-26-,30-27-,37-34-,40-39-,45-35-,46-36-,55-52-,56-53-,64-61-. The van der Waals surface area contributed by atoms with Crippen molar-refractivity contribution in [1.82, 2.24) is 0 Å². The maximum atomic E-state index is 13.0. The molecule has 0 aromatic rings. The van der Waals surface area contributed by atoms with Crippen molar-refractivity contribution in [3.05, 3.63) is 182 Å². The van der Waals surface area contributed by atoms with Gasteiger partial charge in [0.15, 0.2) is 6.10 Å². The highest BCUT2D eigenvalue weighted by Crippen LogP contribution is 2.45. The maximum Gasteiger partial charge on any atom is 0.472 e. The van der Waals surface area contributed by atoms with Crippen LogP contribution in [0.2, 0.25) is 0 Å². The van der Waals surface area contributed by atoms with Crippen LogP contribution in [0.15, 0.2) is 182 Å². The van der Waals surface area contributed by atoms with Gasteiger partial charge in [-0.05, 0) is 161 Å². The fourth-order valence-corrected chi connectivity index (χ4v) is 12.0. The molecule has 5 atom stereocenters. The van der Waals surface area contributed by atoms with E-state index in [9.17, 15) is 43.5 Å². The minimum Gasteiger partial charge on any atom is -0.463 e. The van der Waals surface area contributed by atoms with E-state index in [0.29, 0.717) is 19.3 Å². The van der Waals surface area contributed by atoms with E-state index in [1.807, 2.05) is 0 Å². The first-order valence-corrected chi connectivity index (χ1v) is 44.1. The van der Waals surface area contributed by atoms with Crippen molar-refractivity contribution >= 4 is 33.6 Å². The van der Waals surface area contributed by atoms with E-state index in [1.54, 1.807) is 0 Å². The molecule has 0 aliphatic rings. The van der Waals surface area contributed by atoms with Crippen molar-refractivity contribution < 1.29 is 75.8 Å². The first-order valence-electron chi connectivity index (χ1n) is 41.1. The molecule has 16 nitrogen and oxygen atoms in total. The molecule has 0 aliphatic carbocycles. The molecule has 107 heavy (non-hydrogen) atoms. The van der Waals surface area contributed by atoms with Gasteiger partial charge in [0, 0.05) is 19.3 Å². The summed E-state index contributed by atoms with van der Waals surface area (Å²) in [5, 5.41) is 20.7. The summed E-state index contributed by atoms with van der Waals surface area (Å²) >= 11 is 0. The van der Waals surface area contributed by atoms with Gasteiger partial charge in [-0.2, -0.15) is 0 Å². The Bertz CT molecular complexity index is 2670. The second-order valence-electron chi connectivity index (χ2n) is 26.8. The monoisotopic (exact) mass is 1530 g/mol. The molecule has 0 aliphatic heterocycles. The number of hydrogen-bond donors (Lipinski definition) is 4. The normalized spacial score (nSPS) is 14.9. The smallest absolute Gasteiger partial charge is 0.463 e. The molecule has 0 saturated heterocycles. The Kier molecular flexibility index (Phi) is 76.2. The largest absolute Gasteiger partial charge is 0.472 e. The van der Waals surface area contributed by atoms with E-state index in [4.69, 9.17) is 32.3 Å². The summed E-state index contributed by atoms with van der Waals surface area (Å²) in [7, 11) is -9.83. The number of unbranched alkanes of at least 4 members (excludes halogenated alkanes) is 23. The lowest BCUT2D eigenvalue weighted by Gasteiger charge is -2.21. The lowest BCUT2D eigenvalue weighted by molar-refractivity contribution is -0.161. The fourth-order valence-electron chi connectivity index (χ4n) is 10.4. The highest BCUT2D eigenvalue weighted by atomic mass is 31.2. The van der Waals surface area contributed by atoms with Crippen LogP contribution in [0.25, 0.3) is 0 Å². The quantitative estimate of drug-likeness (QED) is 0.0146. The molecule has 0 spiro atoms. The zero-order valence-corrected chi connectivity index (χ0v) is 68.3. The van der Waals surface area contributed by atoms with Crippen LogP contribution >= 0.6 is 15.6 Å². The van der Waals surface area contributed by atoms with Gasteiger partial charge in [0.1, 0.15) is 25.4 Å². The predicted octanol–water partition coefficient (Wildman–Crippen LogP) is 24.5. The van der Waals surface area contributed by atoms with E-state index in [0.717, 1.165) is 161 Å². The van der Waals surface area contributed by atoms with Gasteiger partial charge in [0.2, 0.25) is 0 Å². The average Bonchev–Trinajstić information content (AvgIpc) is 0.929. The molecule has 0 saturated carbocycles. The molecular formula is C89H146O16P2. The van der Waals surface area contributed by atoms with Crippen LogP contribution in [-0.4, -0.2) is 95.9 Å². The minimum absolute atomic E-state index is 0.0648. The van der Waals surface area contributed by atoms with E-state index in [2.05, 4.69) is 203 Å². The molecule has 4 N–H and O–H groups in total. The first kappa shape index (κ1) is 102. The molecule has 0 amide bonds. The van der Waals surface area contributed by atoms with Gasteiger partial charge in [0.05, 0.1) is 26.4 Å². The van der Waals surface area contributed by atoms with Crippen LogP contribution in [0.5, 0.6) is 0 Å². The topological polar surface area (TPSA) is 231 Å². The zero-order chi connectivity index (χ0) is 78.0. The SMILES string of the molecule is CC/C=C\C/C=C\C/C=C\C/C=C\C/C=C\C/C=C\CCCCC(=O)OCC(COP(=O)(O)OCC(O)COP(=O)(O)OCC(O)COC(=O)CCCCCCCCCCCCCCC/C=C\C/C=C\C/C=C\C/C=C\CCCCC)OC(=O)CCCCCCC/C=C\C/C=C\C/C=C\C/C=C\C/C=C\CC. The molecule has 608 valence electrons. The number of allylic oxidation sites excluding steroid dienone is 30. The minimum atomic E-state index is -4.96. The molecule has 5 unspecified atom stereocenters. The molecule has 0 aromatic heterocycles. The Balaban J connectivity index is 4.68. The van der Waals surface area contributed by atoms with Crippen LogP contribution in [0.3, 0.4) is 0 Å². The number of phosphoric ester groups is 2. The Morgan fingerprint density at radius 2 is 0.495 bits per heavy atom. The van der Waals surface area contributed by atoms with Gasteiger partial charge in [-0.3, -0.25) is 32.5 Å². The van der Waals surface area contributed by atoms with E-state index in [1.165, 1.54) is 83.5 Å². The number of carbonyl (C=O) groups excluding carboxylic acids is 3. The number of ether oxygens (including phenoxy) is 3. The van der Waals surface area contributed by atoms with Gasteiger partial charge in [-0.1, -0.05) is 306 Å². The van der Waals surface area contributed by atoms with E-state index >= 15 is 0 Å². The third-order valence-electron chi connectivity index (χ3n) is 16.6. The summed E-state index contributed by atoms with van der Waals surface area (Å²) in [6.45, 7) is 2.34. The summed E-state index contributed by atoms with van der Waals surface area (Å²) in [6, 6.07) is 0. The van der Waals surface area contributed by atoms with Crippen LogP contribution in [0.1, 0.15) is 303 Å². The maximum absolute atomic E-state index is 13.0. The number of aliphatic hydroxyl groups excluding tert-OH is 2. The summed E-state index contributed by atoms with van der Waals surface area (Å²) in [5.41, 5.74) is 0. The average molecular weight is 1530 g/mol. The zero-order valence-electron chi connectivity index (χ0n) is 66.5. The van der Waals surface area contributed by atoms with Gasteiger partial charge < -0.3 is 34.2 Å². The van der Waals surface area contributed by atoms with E-state index in [-0.39, 0.29) is 19.3 Å². The Labute approximate surface area is 649 Å². The summed E-state index contributed by atoms with van der Waals surface area (Å²) in [6.07, 6.45) is 104. The lowest BCUT2D eigenvalue weighted by atomic mass is 10.0. The van der Waals surface area contributed by atoms with Gasteiger partial charge in [-0.15, -0.1) is 0 Å². The van der Waals surface area contributed by atoms with Crippen molar-refractivity contribution in [1.29, 1.82) is 0 Å². The second kappa shape index (κ2) is 80.2. The van der Waals surface area contributed by atoms with Crippen LogP contribution < -0.4 is 0 Å². The predicted molar refractivity (Wildman–Crippen MR) is 445 cm³/mol. The van der Waals surface area contributed by atoms with Crippen LogP contribution in [0.4, 0.5) is 0 Å². The molecule has 18 heteroatoms. The number of carbonyl (C=O) groups is 3. The fraction of sp³-hybridized carbons (Fsp3) is 0.629. The number of rotatable bonds is 76. The highest BCUT2D eigenvalue weighted by molar-refractivity contribution is 7.47. The van der Waals surface area contributed by atoms with Crippen molar-refractivity contribution in [2.24, 2.45) is 0 Å². The number of aliphatic hydroxyl groups is 2. The molecule has 0 rings (SSSR count).